The Kier molecular flexibility index (Phi) is 4.55. The van der Waals surface area contributed by atoms with Crippen molar-refractivity contribution >= 4 is 11.6 Å². The molecule has 0 aromatic carbocycles. The highest BCUT2D eigenvalue weighted by Gasteiger charge is 2.47. The van der Waals surface area contributed by atoms with Crippen LogP contribution in [0.2, 0.25) is 0 Å². The first-order chi connectivity index (χ1) is 7.80. The normalized spacial score (nSPS) is 28.8. The maximum absolute atomic E-state index is 13.2. The Balaban J connectivity index is 3.18. The molecule has 17 heavy (non-hydrogen) atoms. The van der Waals surface area contributed by atoms with E-state index in [0.29, 0.717) is 12.8 Å². The maximum atomic E-state index is 13.2. The van der Waals surface area contributed by atoms with Crippen molar-refractivity contribution in [2.75, 3.05) is 0 Å². The number of aliphatic hydroxyl groups is 1. The van der Waals surface area contributed by atoms with Gasteiger partial charge in [0.1, 0.15) is 10.6 Å². The lowest BCUT2D eigenvalue weighted by Gasteiger charge is -2.38. The van der Waals surface area contributed by atoms with Crippen LogP contribution in [-0.4, -0.2) is 10.7 Å². The Bertz CT molecular complexity index is 360. The molecule has 98 valence electrons. The number of halogens is 6. The van der Waals surface area contributed by atoms with Gasteiger partial charge in [0, 0.05) is 0 Å². The van der Waals surface area contributed by atoms with Crippen molar-refractivity contribution in [3.8, 4) is 0 Å². The highest BCUT2D eigenvalue weighted by atomic mass is 35.5. The third kappa shape index (κ3) is 2.80. The summed E-state index contributed by atoms with van der Waals surface area (Å²) < 4.78 is 62.2. The van der Waals surface area contributed by atoms with Gasteiger partial charge in [-0.25, -0.2) is 4.39 Å². The van der Waals surface area contributed by atoms with Gasteiger partial charge in [-0.1, -0.05) is 24.4 Å². The third-order valence-electron chi connectivity index (χ3n) is 2.91. The average molecular weight is 277 g/mol. The Morgan fingerprint density at radius 1 is 1.06 bits per heavy atom. The SMILES string of the molecule is O[C@]1(C(Cl)=C(F)F)CCCC[C@@H]1C(F)=C(F)F. The Morgan fingerprint density at radius 2 is 1.65 bits per heavy atom. The fourth-order valence-electron chi connectivity index (χ4n) is 2.05. The second kappa shape index (κ2) is 5.35. The second-order valence-corrected chi connectivity index (χ2v) is 4.28. The maximum Gasteiger partial charge on any atom is 0.301 e. The van der Waals surface area contributed by atoms with Gasteiger partial charge in [-0.3, -0.25) is 0 Å². The molecule has 0 saturated heterocycles. The fourth-order valence-corrected chi connectivity index (χ4v) is 2.28. The summed E-state index contributed by atoms with van der Waals surface area (Å²) >= 11 is 5.22. The number of rotatable bonds is 2. The first-order valence-electron chi connectivity index (χ1n) is 4.95. The summed E-state index contributed by atoms with van der Waals surface area (Å²) in [5.41, 5.74) is -2.44. The highest BCUT2D eigenvalue weighted by Crippen LogP contribution is 2.46. The molecule has 0 aromatic rings. The van der Waals surface area contributed by atoms with Crippen molar-refractivity contribution < 1.29 is 27.1 Å². The molecule has 0 radical (unpaired) electrons. The highest BCUT2D eigenvalue weighted by molar-refractivity contribution is 6.30. The fraction of sp³-hybridized carbons (Fsp3) is 0.600. The van der Waals surface area contributed by atoms with E-state index in [-0.39, 0.29) is 12.8 Å². The van der Waals surface area contributed by atoms with Crippen LogP contribution in [0.5, 0.6) is 0 Å². The van der Waals surface area contributed by atoms with E-state index in [1.807, 2.05) is 0 Å². The van der Waals surface area contributed by atoms with Crippen LogP contribution in [0.4, 0.5) is 22.0 Å². The minimum atomic E-state index is -2.61. The zero-order chi connectivity index (χ0) is 13.2. The predicted molar refractivity (Wildman–Crippen MR) is 52.4 cm³/mol. The molecular weight excluding hydrogens is 267 g/mol. The van der Waals surface area contributed by atoms with Crippen LogP contribution < -0.4 is 0 Å². The van der Waals surface area contributed by atoms with Gasteiger partial charge >= 0.3 is 6.08 Å². The van der Waals surface area contributed by atoms with Crippen molar-refractivity contribution in [2.45, 2.75) is 31.3 Å². The van der Waals surface area contributed by atoms with E-state index in [1.165, 1.54) is 0 Å². The van der Waals surface area contributed by atoms with E-state index in [9.17, 15) is 27.1 Å². The molecule has 1 nitrogen and oxygen atoms in total. The van der Waals surface area contributed by atoms with Crippen LogP contribution >= 0.6 is 11.6 Å². The Labute approximate surface area is 99.6 Å². The molecule has 1 fully saturated rings. The zero-order valence-electron chi connectivity index (χ0n) is 8.62. The van der Waals surface area contributed by atoms with Gasteiger partial charge in [-0.05, 0) is 12.8 Å². The van der Waals surface area contributed by atoms with Crippen molar-refractivity contribution in [1.29, 1.82) is 0 Å². The largest absolute Gasteiger partial charge is 0.383 e. The molecule has 0 spiro atoms. The Hall–Kier alpha value is -0.620. The smallest absolute Gasteiger partial charge is 0.301 e. The molecule has 0 unspecified atom stereocenters. The van der Waals surface area contributed by atoms with Crippen LogP contribution in [0.25, 0.3) is 0 Å². The summed E-state index contributed by atoms with van der Waals surface area (Å²) in [5.74, 6) is -3.58. The minimum absolute atomic E-state index is 0.150. The van der Waals surface area contributed by atoms with Crippen molar-refractivity contribution in [3.63, 3.8) is 0 Å². The quantitative estimate of drug-likeness (QED) is 0.744. The van der Waals surface area contributed by atoms with Gasteiger partial charge in [0.15, 0.2) is 5.83 Å². The molecule has 1 saturated carbocycles. The van der Waals surface area contributed by atoms with E-state index in [4.69, 9.17) is 11.6 Å². The number of hydrogen-bond acceptors (Lipinski definition) is 1. The van der Waals surface area contributed by atoms with Crippen molar-refractivity contribution in [3.05, 3.63) is 23.0 Å². The third-order valence-corrected chi connectivity index (χ3v) is 3.38. The Morgan fingerprint density at radius 3 is 2.12 bits per heavy atom. The summed E-state index contributed by atoms with van der Waals surface area (Å²) in [5, 5.41) is 8.66. The molecule has 1 aliphatic rings. The van der Waals surface area contributed by atoms with Crippen LogP contribution in [0.15, 0.2) is 23.0 Å². The molecule has 1 aliphatic carbocycles. The molecule has 7 heteroatoms. The van der Waals surface area contributed by atoms with E-state index < -0.39 is 34.5 Å². The molecule has 1 N–H and O–H groups in total. The van der Waals surface area contributed by atoms with E-state index >= 15 is 0 Å². The van der Waals surface area contributed by atoms with Crippen LogP contribution in [0.1, 0.15) is 25.7 Å². The summed E-state index contributed by atoms with van der Waals surface area (Å²) in [6, 6.07) is 0. The van der Waals surface area contributed by atoms with Crippen LogP contribution in [0.3, 0.4) is 0 Å². The van der Waals surface area contributed by atoms with Gasteiger partial charge in [0.25, 0.3) is 6.08 Å². The minimum Gasteiger partial charge on any atom is -0.383 e. The van der Waals surface area contributed by atoms with Crippen molar-refractivity contribution in [2.24, 2.45) is 5.92 Å². The summed E-state index contributed by atoms with van der Waals surface area (Å²) in [6.45, 7) is 0. The van der Waals surface area contributed by atoms with Gasteiger partial charge < -0.3 is 5.11 Å². The molecular formula is C10H10ClF5O. The standard InChI is InChI=1S/C10H10ClF5O/c11-7(9(15)16)10(17)4-2-1-3-5(10)6(12)8(13)14/h5,17H,1-4H2/t5-,10-/m1/s1. The molecule has 2 atom stereocenters. The first kappa shape index (κ1) is 14.4. The average Bonchev–Trinajstić information content (AvgIpc) is 2.27. The lowest BCUT2D eigenvalue weighted by atomic mass is 9.74. The number of hydrogen-bond donors (Lipinski definition) is 1. The molecule has 0 heterocycles. The van der Waals surface area contributed by atoms with Crippen LogP contribution in [-0.2, 0) is 0 Å². The van der Waals surface area contributed by atoms with Gasteiger partial charge in [0.05, 0.1) is 5.92 Å². The van der Waals surface area contributed by atoms with E-state index in [0.717, 1.165) is 0 Å². The molecule has 0 amide bonds. The summed E-state index contributed by atoms with van der Waals surface area (Å²) in [6.07, 6.45) is -4.73. The summed E-state index contributed by atoms with van der Waals surface area (Å²) in [7, 11) is 0. The second-order valence-electron chi connectivity index (χ2n) is 3.91. The van der Waals surface area contributed by atoms with E-state index in [2.05, 4.69) is 0 Å². The monoisotopic (exact) mass is 276 g/mol. The zero-order valence-corrected chi connectivity index (χ0v) is 9.38. The lowest BCUT2D eigenvalue weighted by Crippen LogP contribution is -2.42. The van der Waals surface area contributed by atoms with Crippen molar-refractivity contribution in [1.82, 2.24) is 0 Å². The lowest BCUT2D eigenvalue weighted by molar-refractivity contribution is -0.00803. The van der Waals surface area contributed by atoms with Crippen LogP contribution in [0, 0.1) is 5.92 Å². The summed E-state index contributed by atoms with van der Waals surface area (Å²) in [4.78, 5) is 0. The molecule has 0 bridgehead atoms. The van der Waals surface area contributed by atoms with Gasteiger partial charge in [0.2, 0.25) is 0 Å². The molecule has 0 aromatic heterocycles. The molecule has 1 rings (SSSR count). The van der Waals surface area contributed by atoms with Gasteiger partial charge in [-0.2, -0.15) is 17.6 Å². The van der Waals surface area contributed by atoms with E-state index in [1.54, 1.807) is 0 Å². The van der Waals surface area contributed by atoms with Gasteiger partial charge in [-0.15, -0.1) is 0 Å². The topological polar surface area (TPSA) is 20.2 Å². The predicted octanol–water partition coefficient (Wildman–Crippen LogP) is 4.33. The first-order valence-corrected chi connectivity index (χ1v) is 5.32. The molecule has 0 aliphatic heterocycles.